The molecule has 0 saturated carbocycles. The van der Waals surface area contributed by atoms with Crippen molar-refractivity contribution in [3.63, 3.8) is 0 Å². The Bertz CT molecular complexity index is 536. The lowest BCUT2D eigenvalue weighted by atomic mass is 10.2. The zero-order chi connectivity index (χ0) is 15.6. The van der Waals surface area contributed by atoms with Crippen molar-refractivity contribution in [2.45, 2.75) is 18.6 Å². The molecule has 0 spiro atoms. The van der Waals surface area contributed by atoms with Crippen molar-refractivity contribution >= 4 is 17.7 Å². The number of alkyl carbamates (subject to hydrolysis) is 1. The van der Waals surface area contributed by atoms with E-state index in [1.54, 1.807) is 4.90 Å². The zero-order valence-electron chi connectivity index (χ0n) is 11.3. The predicted octanol–water partition coefficient (Wildman–Crippen LogP) is 1.62. The monoisotopic (exact) mass is 304 g/mol. The predicted molar refractivity (Wildman–Crippen MR) is 69.8 cm³/mol. The summed E-state index contributed by atoms with van der Waals surface area (Å²) in [4.78, 5) is 16.7. The number of hydrogen-bond acceptors (Lipinski definition) is 5. The van der Waals surface area contributed by atoms with Crippen LogP contribution in [0.25, 0.3) is 0 Å². The number of carbonyl (C=O) groups excluding carboxylic acids is 1. The number of aromatic nitrogens is 1. The molecule has 0 aliphatic carbocycles. The van der Waals surface area contributed by atoms with E-state index in [4.69, 9.17) is 5.73 Å². The molecule has 1 unspecified atom stereocenters. The molecule has 3 N–H and O–H groups in total. The third kappa shape index (κ3) is 3.67. The number of nitrogens with two attached hydrogens (primary N) is 1. The van der Waals surface area contributed by atoms with Crippen LogP contribution < -0.4 is 16.0 Å². The summed E-state index contributed by atoms with van der Waals surface area (Å²) in [5.41, 5.74) is 4.59. The minimum atomic E-state index is -4.48. The van der Waals surface area contributed by atoms with Gasteiger partial charge in [-0.2, -0.15) is 13.2 Å². The molecule has 0 aromatic carbocycles. The Kier molecular flexibility index (Phi) is 4.10. The third-order valence-electron chi connectivity index (χ3n) is 3.18. The Balaban J connectivity index is 2.13. The first-order valence-corrected chi connectivity index (χ1v) is 6.24. The molecule has 116 valence electrons. The summed E-state index contributed by atoms with van der Waals surface area (Å²) in [6.07, 6.45) is -4.46. The summed E-state index contributed by atoms with van der Waals surface area (Å²) in [5.74, 6) is -0.0410. The van der Waals surface area contributed by atoms with Crippen LogP contribution in [0.3, 0.4) is 0 Å². The highest BCUT2D eigenvalue weighted by Gasteiger charge is 2.33. The van der Waals surface area contributed by atoms with Gasteiger partial charge in [0.05, 0.1) is 18.7 Å². The fourth-order valence-electron chi connectivity index (χ4n) is 2.17. The number of methoxy groups -OCH3 is 1. The maximum Gasteiger partial charge on any atom is 0.416 e. The second-order valence-electron chi connectivity index (χ2n) is 4.70. The van der Waals surface area contributed by atoms with E-state index in [-0.39, 0.29) is 17.7 Å². The van der Waals surface area contributed by atoms with Crippen LogP contribution in [0.2, 0.25) is 0 Å². The molecule has 1 aliphatic heterocycles. The average Bonchev–Trinajstić information content (AvgIpc) is 2.85. The Morgan fingerprint density at radius 3 is 2.86 bits per heavy atom. The van der Waals surface area contributed by atoms with E-state index in [1.165, 1.54) is 7.11 Å². The van der Waals surface area contributed by atoms with E-state index < -0.39 is 17.8 Å². The van der Waals surface area contributed by atoms with Crippen LogP contribution >= 0.6 is 0 Å². The van der Waals surface area contributed by atoms with Crippen molar-refractivity contribution in [3.8, 4) is 0 Å². The molecule has 1 saturated heterocycles. The van der Waals surface area contributed by atoms with Crippen LogP contribution in [0.4, 0.5) is 29.6 Å². The Morgan fingerprint density at radius 2 is 2.24 bits per heavy atom. The molecule has 1 aromatic heterocycles. The Morgan fingerprint density at radius 1 is 1.52 bits per heavy atom. The number of ether oxygens (including phenoxy) is 1. The van der Waals surface area contributed by atoms with Gasteiger partial charge in [-0.1, -0.05) is 0 Å². The number of amides is 1. The highest BCUT2D eigenvalue weighted by molar-refractivity contribution is 5.67. The summed E-state index contributed by atoms with van der Waals surface area (Å²) in [5, 5.41) is 2.60. The van der Waals surface area contributed by atoms with Crippen LogP contribution in [-0.2, 0) is 10.9 Å². The number of nitrogen functional groups attached to an aromatic ring is 1. The minimum Gasteiger partial charge on any atom is -0.453 e. The second kappa shape index (κ2) is 5.66. The van der Waals surface area contributed by atoms with Gasteiger partial charge in [0.2, 0.25) is 0 Å². The molecule has 6 nitrogen and oxygen atoms in total. The number of rotatable bonds is 2. The first-order chi connectivity index (χ1) is 9.79. The highest BCUT2D eigenvalue weighted by atomic mass is 19.4. The van der Waals surface area contributed by atoms with Gasteiger partial charge in [-0.3, -0.25) is 0 Å². The van der Waals surface area contributed by atoms with Crippen molar-refractivity contribution in [2.24, 2.45) is 0 Å². The van der Waals surface area contributed by atoms with Gasteiger partial charge in [-0.25, -0.2) is 9.78 Å². The van der Waals surface area contributed by atoms with Crippen LogP contribution in [0.1, 0.15) is 12.0 Å². The first kappa shape index (κ1) is 15.2. The standard InChI is InChI=1S/C12H15F3N4O2/c1-21-11(20)17-8-2-3-19(6-8)10-5-7(12(13,14)15)4-9(16)18-10/h4-5,8H,2-3,6H2,1H3,(H2,16,18)(H,17,20). The fraction of sp³-hybridized carbons (Fsp3) is 0.500. The molecule has 9 heteroatoms. The van der Waals surface area contributed by atoms with Gasteiger partial charge in [0.1, 0.15) is 11.6 Å². The number of halogens is 3. The number of alkyl halides is 3. The van der Waals surface area contributed by atoms with Crippen molar-refractivity contribution < 1.29 is 22.7 Å². The highest BCUT2D eigenvalue weighted by Crippen LogP contribution is 2.33. The lowest BCUT2D eigenvalue weighted by Gasteiger charge is -2.19. The smallest absolute Gasteiger partial charge is 0.416 e. The van der Waals surface area contributed by atoms with E-state index in [1.807, 2.05) is 0 Å². The summed E-state index contributed by atoms with van der Waals surface area (Å²) >= 11 is 0. The maximum atomic E-state index is 12.8. The molecular weight excluding hydrogens is 289 g/mol. The van der Waals surface area contributed by atoms with Crippen molar-refractivity contribution in [2.75, 3.05) is 30.8 Å². The Labute approximate surface area is 119 Å². The molecule has 1 aliphatic rings. The van der Waals surface area contributed by atoms with Gasteiger partial charge < -0.3 is 20.7 Å². The summed E-state index contributed by atoms with van der Waals surface area (Å²) in [6, 6.07) is 1.55. The molecule has 0 bridgehead atoms. The van der Waals surface area contributed by atoms with Crippen molar-refractivity contribution in [3.05, 3.63) is 17.7 Å². The van der Waals surface area contributed by atoms with Crippen molar-refractivity contribution in [1.29, 1.82) is 0 Å². The number of pyridine rings is 1. The van der Waals surface area contributed by atoms with Gasteiger partial charge in [0.15, 0.2) is 0 Å². The number of hydrogen-bond donors (Lipinski definition) is 2. The maximum absolute atomic E-state index is 12.8. The molecule has 0 radical (unpaired) electrons. The number of carbonyl (C=O) groups is 1. The summed E-state index contributed by atoms with van der Waals surface area (Å²) < 4.78 is 42.7. The van der Waals surface area contributed by atoms with Gasteiger partial charge in [-0.15, -0.1) is 0 Å². The quantitative estimate of drug-likeness (QED) is 0.868. The van der Waals surface area contributed by atoms with Gasteiger partial charge in [-0.05, 0) is 18.6 Å². The molecule has 1 amide bonds. The van der Waals surface area contributed by atoms with E-state index in [0.29, 0.717) is 19.5 Å². The Hall–Kier alpha value is -2.19. The summed E-state index contributed by atoms with van der Waals surface area (Å²) in [7, 11) is 1.25. The largest absolute Gasteiger partial charge is 0.453 e. The lowest BCUT2D eigenvalue weighted by molar-refractivity contribution is -0.137. The molecule has 2 heterocycles. The molecule has 2 rings (SSSR count). The van der Waals surface area contributed by atoms with E-state index >= 15 is 0 Å². The average molecular weight is 304 g/mol. The number of nitrogens with zero attached hydrogens (tertiary/aromatic N) is 2. The number of nitrogens with one attached hydrogen (secondary N) is 1. The van der Waals surface area contributed by atoms with Gasteiger partial charge >= 0.3 is 12.3 Å². The SMILES string of the molecule is COC(=O)NC1CCN(c2cc(C(F)(F)F)cc(N)n2)C1. The first-order valence-electron chi connectivity index (χ1n) is 6.24. The van der Waals surface area contributed by atoms with Crippen LogP contribution in [0, 0.1) is 0 Å². The minimum absolute atomic E-state index is 0.150. The fourth-order valence-corrected chi connectivity index (χ4v) is 2.17. The second-order valence-corrected chi connectivity index (χ2v) is 4.70. The molecule has 1 fully saturated rings. The van der Waals surface area contributed by atoms with E-state index in [0.717, 1.165) is 12.1 Å². The van der Waals surface area contributed by atoms with E-state index in [2.05, 4.69) is 15.0 Å². The topological polar surface area (TPSA) is 80.5 Å². The molecule has 1 aromatic rings. The van der Waals surface area contributed by atoms with Gasteiger partial charge in [0.25, 0.3) is 0 Å². The lowest BCUT2D eigenvalue weighted by Crippen LogP contribution is -2.37. The van der Waals surface area contributed by atoms with Crippen LogP contribution in [0.5, 0.6) is 0 Å². The summed E-state index contributed by atoms with van der Waals surface area (Å²) in [6.45, 7) is 0.825. The van der Waals surface area contributed by atoms with Crippen LogP contribution in [-0.4, -0.2) is 37.3 Å². The van der Waals surface area contributed by atoms with Crippen LogP contribution in [0.15, 0.2) is 12.1 Å². The number of anilines is 2. The van der Waals surface area contributed by atoms with Crippen molar-refractivity contribution in [1.82, 2.24) is 10.3 Å². The molecule has 21 heavy (non-hydrogen) atoms. The van der Waals surface area contributed by atoms with E-state index in [9.17, 15) is 18.0 Å². The van der Waals surface area contributed by atoms with Gasteiger partial charge in [0, 0.05) is 13.1 Å². The molecule has 1 atom stereocenters. The molecular formula is C12H15F3N4O2. The third-order valence-corrected chi connectivity index (χ3v) is 3.18. The normalized spacial score (nSPS) is 18.7. The zero-order valence-corrected chi connectivity index (χ0v) is 11.3.